The van der Waals surface area contributed by atoms with Crippen molar-refractivity contribution < 1.29 is 0 Å². The van der Waals surface area contributed by atoms with E-state index in [-0.39, 0.29) is 0 Å². The summed E-state index contributed by atoms with van der Waals surface area (Å²) >= 11 is 0. The minimum atomic E-state index is 0.297. The third-order valence-corrected chi connectivity index (χ3v) is 3.47. The Bertz CT molecular complexity index is 507. The maximum atomic E-state index is 6.16. The number of hydrazine groups is 1. The van der Waals surface area contributed by atoms with Crippen molar-refractivity contribution in [3.63, 3.8) is 0 Å². The van der Waals surface area contributed by atoms with Crippen molar-refractivity contribution in [2.24, 2.45) is 5.84 Å². The second-order valence-electron chi connectivity index (χ2n) is 4.57. The van der Waals surface area contributed by atoms with Gasteiger partial charge in [0.2, 0.25) is 0 Å². The highest BCUT2D eigenvalue weighted by atomic mass is 15.4. The molecule has 0 saturated heterocycles. The molecule has 1 aliphatic heterocycles. The van der Waals surface area contributed by atoms with Crippen molar-refractivity contribution in [1.29, 1.82) is 0 Å². The molecular formula is C15H16N2. The van der Waals surface area contributed by atoms with E-state index < -0.39 is 0 Å². The third-order valence-electron chi connectivity index (χ3n) is 3.47. The molecule has 0 aromatic heterocycles. The summed E-state index contributed by atoms with van der Waals surface area (Å²) in [6, 6.07) is 19.3. The maximum Gasteiger partial charge on any atom is 0.0534 e. The van der Waals surface area contributed by atoms with E-state index in [2.05, 4.69) is 48.5 Å². The second kappa shape index (κ2) is 4.32. The predicted octanol–water partition coefficient (Wildman–Crippen LogP) is 2.66. The van der Waals surface area contributed by atoms with Gasteiger partial charge in [0.15, 0.2) is 0 Å². The van der Waals surface area contributed by atoms with Gasteiger partial charge in [0.25, 0.3) is 0 Å². The highest BCUT2D eigenvalue weighted by Crippen LogP contribution is 2.30. The van der Waals surface area contributed by atoms with Gasteiger partial charge in [0, 0.05) is 6.54 Å². The molecular weight excluding hydrogens is 208 g/mol. The van der Waals surface area contributed by atoms with Crippen molar-refractivity contribution in [1.82, 2.24) is 5.01 Å². The number of nitrogens with two attached hydrogens (primary N) is 1. The Balaban J connectivity index is 1.95. The number of rotatable bonds is 1. The minimum absolute atomic E-state index is 0.297. The van der Waals surface area contributed by atoms with Crippen molar-refractivity contribution in [2.45, 2.75) is 19.0 Å². The average molecular weight is 224 g/mol. The molecule has 1 heterocycles. The van der Waals surface area contributed by atoms with E-state index in [1.807, 2.05) is 11.1 Å². The maximum absolute atomic E-state index is 6.16. The van der Waals surface area contributed by atoms with E-state index in [1.165, 1.54) is 16.7 Å². The zero-order valence-corrected chi connectivity index (χ0v) is 9.71. The van der Waals surface area contributed by atoms with E-state index >= 15 is 0 Å². The normalized spacial score (nSPS) is 19.9. The molecule has 0 aliphatic carbocycles. The highest BCUT2D eigenvalue weighted by Gasteiger charge is 2.24. The van der Waals surface area contributed by atoms with Crippen LogP contribution in [0.25, 0.3) is 0 Å². The Labute approximate surface area is 102 Å². The molecule has 2 nitrogen and oxygen atoms in total. The van der Waals surface area contributed by atoms with Crippen LogP contribution in [-0.2, 0) is 13.0 Å². The Hall–Kier alpha value is -1.64. The quantitative estimate of drug-likeness (QED) is 0.755. The van der Waals surface area contributed by atoms with Gasteiger partial charge < -0.3 is 0 Å². The van der Waals surface area contributed by atoms with Crippen LogP contribution in [0.15, 0.2) is 54.6 Å². The first kappa shape index (κ1) is 10.5. The molecule has 0 saturated carbocycles. The Morgan fingerprint density at radius 3 is 2.29 bits per heavy atom. The summed E-state index contributed by atoms with van der Waals surface area (Å²) in [7, 11) is 0. The van der Waals surface area contributed by atoms with Crippen LogP contribution in [-0.4, -0.2) is 5.01 Å². The van der Waals surface area contributed by atoms with Gasteiger partial charge in [-0.2, -0.15) is 0 Å². The molecule has 86 valence electrons. The van der Waals surface area contributed by atoms with Crippen LogP contribution < -0.4 is 5.84 Å². The van der Waals surface area contributed by atoms with E-state index in [4.69, 9.17) is 5.84 Å². The fourth-order valence-electron chi connectivity index (χ4n) is 2.53. The minimum Gasteiger partial charge on any atom is -0.268 e. The van der Waals surface area contributed by atoms with Crippen LogP contribution in [0.4, 0.5) is 0 Å². The molecule has 0 amide bonds. The molecule has 2 aromatic carbocycles. The molecule has 1 unspecified atom stereocenters. The Morgan fingerprint density at radius 1 is 0.882 bits per heavy atom. The second-order valence-corrected chi connectivity index (χ2v) is 4.57. The SMILES string of the molecule is NN1Cc2ccccc2CC1c1ccccc1. The van der Waals surface area contributed by atoms with Crippen molar-refractivity contribution >= 4 is 0 Å². The molecule has 0 radical (unpaired) electrons. The van der Waals surface area contributed by atoms with Crippen molar-refractivity contribution in [3.05, 3.63) is 71.3 Å². The summed E-state index contributed by atoms with van der Waals surface area (Å²) in [4.78, 5) is 0. The van der Waals surface area contributed by atoms with Crippen LogP contribution in [0.5, 0.6) is 0 Å². The van der Waals surface area contributed by atoms with Gasteiger partial charge >= 0.3 is 0 Å². The average Bonchev–Trinajstić information content (AvgIpc) is 2.39. The molecule has 0 spiro atoms. The summed E-state index contributed by atoms with van der Waals surface area (Å²) in [5.41, 5.74) is 4.06. The van der Waals surface area contributed by atoms with Crippen LogP contribution in [0.1, 0.15) is 22.7 Å². The monoisotopic (exact) mass is 224 g/mol. The van der Waals surface area contributed by atoms with Crippen molar-refractivity contribution in [3.8, 4) is 0 Å². The summed E-state index contributed by atoms with van der Waals surface area (Å²) in [5.74, 6) is 6.16. The smallest absolute Gasteiger partial charge is 0.0534 e. The molecule has 2 aromatic rings. The van der Waals surface area contributed by atoms with Crippen molar-refractivity contribution in [2.75, 3.05) is 0 Å². The van der Waals surface area contributed by atoms with Crippen LogP contribution in [0, 0.1) is 0 Å². The first-order valence-corrected chi connectivity index (χ1v) is 5.97. The van der Waals surface area contributed by atoms with Crippen LogP contribution in [0.2, 0.25) is 0 Å². The molecule has 2 N–H and O–H groups in total. The highest BCUT2D eigenvalue weighted by molar-refractivity contribution is 5.32. The first-order valence-electron chi connectivity index (χ1n) is 5.97. The number of benzene rings is 2. The summed E-state index contributed by atoms with van der Waals surface area (Å²) < 4.78 is 0. The van der Waals surface area contributed by atoms with E-state index in [0.29, 0.717) is 6.04 Å². The topological polar surface area (TPSA) is 29.3 Å². The zero-order chi connectivity index (χ0) is 11.7. The molecule has 3 rings (SSSR count). The predicted molar refractivity (Wildman–Crippen MR) is 69.1 cm³/mol. The van der Waals surface area contributed by atoms with Gasteiger partial charge in [-0.05, 0) is 23.1 Å². The number of nitrogens with zero attached hydrogens (tertiary/aromatic N) is 1. The lowest BCUT2D eigenvalue weighted by atomic mass is 9.91. The van der Waals surface area contributed by atoms with Gasteiger partial charge in [-0.3, -0.25) is 5.84 Å². The Morgan fingerprint density at radius 2 is 1.53 bits per heavy atom. The zero-order valence-electron chi connectivity index (χ0n) is 9.71. The lowest BCUT2D eigenvalue weighted by Gasteiger charge is -2.33. The fraction of sp³-hybridized carbons (Fsp3) is 0.200. The number of fused-ring (bicyclic) bond motifs is 1. The third kappa shape index (κ3) is 1.97. The first-order chi connectivity index (χ1) is 8.34. The summed E-state index contributed by atoms with van der Waals surface area (Å²) in [6.45, 7) is 0.829. The number of hydrogen-bond acceptors (Lipinski definition) is 2. The van der Waals surface area contributed by atoms with Gasteiger partial charge in [0.05, 0.1) is 6.04 Å². The number of hydrogen-bond donors (Lipinski definition) is 1. The Kier molecular flexibility index (Phi) is 2.67. The lowest BCUT2D eigenvalue weighted by molar-refractivity contribution is 0.176. The van der Waals surface area contributed by atoms with Crippen LogP contribution >= 0.6 is 0 Å². The van der Waals surface area contributed by atoms with Gasteiger partial charge in [-0.15, -0.1) is 0 Å². The van der Waals surface area contributed by atoms with E-state index in [0.717, 1.165) is 13.0 Å². The van der Waals surface area contributed by atoms with E-state index in [9.17, 15) is 0 Å². The van der Waals surface area contributed by atoms with E-state index in [1.54, 1.807) is 0 Å². The molecule has 17 heavy (non-hydrogen) atoms. The standard InChI is InChI=1S/C15H16N2/c16-17-11-14-9-5-4-8-13(14)10-15(17)12-6-2-1-3-7-12/h1-9,15H,10-11,16H2. The largest absolute Gasteiger partial charge is 0.268 e. The summed E-state index contributed by atoms with van der Waals surface area (Å²) in [6.07, 6.45) is 0.997. The molecule has 0 bridgehead atoms. The van der Waals surface area contributed by atoms with Gasteiger partial charge in [0.1, 0.15) is 0 Å². The lowest BCUT2D eigenvalue weighted by Crippen LogP contribution is -2.39. The van der Waals surface area contributed by atoms with Crippen LogP contribution in [0.3, 0.4) is 0 Å². The molecule has 1 aliphatic rings. The van der Waals surface area contributed by atoms with Gasteiger partial charge in [-0.1, -0.05) is 54.6 Å². The van der Waals surface area contributed by atoms with Gasteiger partial charge in [-0.25, -0.2) is 5.01 Å². The fourth-order valence-corrected chi connectivity index (χ4v) is 2.53. The molecule has 0 fully saturated rings. The summed E-state index contributed by atoms with van der Waals surface area (Å²) in [5, 5.41) is 1.94. The molecule has 2 heteroatoms. The molecule has 1 atom stereocenters.